The zero-order chi connectivity index (χ0) is 18.3. The van der Waals surface area contributed by atoms with Crippen LogP contribution in [-0.2, 0) is 6.42 Å². The Morgan fingerprint density at radius 2 is 1.88 bits per heavy atom. The Labute approximate surface area is 157 Å². The summed E-state index contributed by atoms with van der Waals surface area (Å²) in [6.07, 6.45) is 0.697. The maximum Gasteiger partial charge on any atom is 0.275 e. The molecular formula is C17H16N6OS2. The van der Waals surface area contributed by atoms with Crippen molar-refractivity contribution in [3.63, 3.8) is 0 Å². The second kappa shape index (κ2) is 6.58. The Morgan fingerprint density at radius 1 is 1.12 bits per heavy atom. The molecule has 4 rings (SSSR count). The van der Waals surface area contributed by atoms with Gasteiger partial charge in [-0.15, -0.1) is 10.2 Å². The van der Waals surface area contributed by atoms with Crippen molar-refractivity contribution in [2.24, 2.45) is 0 Å². The van der Waals surface area contributed by atoms with Gasteiger partial charge in [-0.1, -0.05) is 52.5 Å². The molecule has 0 aliphatic rings. The van der Waals surface area contributed by atoms with Crippen molar-refractivity contribution in [3.05, 3.63) is 67.5 Å². The van der Waals surface area contributed by atoms with Crippen LogP contribution in [-0.4, -0.2) is 24.8 Å². The summed E-state index contributed by atoms with van der Waals surface area (Å²) in [5.74, 6) is -0.126. The first kappa shape index (κ1) is 16.8. The van der Waals surface area contributed by atoms with Gasteiger partial charge in [0.2, 0.25) is 10.1 Å². The van der Waals surface area contributed by atoms with E-state index in [-0.39, 0.29) is 11.5 Å². The highest BCUT2D eigenvalue weighted by Crippen LogP contribution is 2.33. The molecule has 1 atom stereocenters. The molecular weight excluding hydrogens is 368 g/mol. The van der Waals surface area contributed by atoms with E-state index in [1.807, 2.05) is 0 Å². The molecule has 0 fully saturated rings. The van der Waals surface area contributed by atoms with E-state index >= 15 is 0 Å². The number of nitrogens with two attached hydrogens (primary N) is 1. The monoisotopic (exact) mass is 384 g/mol. The lowest BCUT2D eigenvalue weighted by molar-refractivity contribution is 0.737. The van der Waals surface area contributed by atoms with E-state index in [4.69, 9.17) is 5.73 Å². The van der Waals surface area contributed by atoms with Crippen LogP contribution in [0.1, 0.15) is 32.8 Å². The Bertz CT molecular complexity index is 1130. The molecule has 0 bridgehead atoms. The van der Waals surface area contributed by atoms with Crippen molar-refractivity contribution in [1.82, 2.24) is 24.8 Å². The number of aryl methyl sites for hydroxylation is 2. The van der Waals surface area contributed by atoms with Crippen LogP contribution in [0.5, 0.6) is 0 Å². The van der Waals surface area contributed by atoms with Gasteiger partial charge in [-0.2, -0.15) is 9.61 Å². The van der Waals surface area contributed by atoms with Crippen LogP contribution in [0.15, 0.2) is 35.1 Å². The van der Waals surface area contributed by atoms with Gasteiger partial charge in [0.1, 0.15) is 10.0 Å². The lowest BCUT2D eigenvalue weighted by atomic mass is 10.00. The normalized spacial score (nSPS) is 12.5. The van der Waals surface area contributed by atoms with Gasteiger partial charge in [0.05, 0.1) is 5.92 Å². The van der Waals surface area contributed by atoms with Crippen LogP contribution in [0.4, 0.5) is 5.13 Å². The number of benzene rings is 1. The summed E-state index contributed by atoms with van der Waals surface area (Å²) in [4.78, 5) is 17.2. The highest BCUT2D eigenvalue weighted by Gasteiger charge is 2.24. The minimum atomic E-state index is -0.180. The Hall–Kier alpha value is -2.65. The summed E-state index contributed by atoms with van der Waals surface area (Å²) in [6.45, 7) is 3.86. The third-order valence-electron chi connectivity index (χ3n) is 4.00. The lowest BCUT2D eigenvalue weighted by Crippen LogP contribution is -2.15. The first-order valence-electron chi connectivity index (χ1n) is 8.01. The van der Waals surface area contributed by atoms with Gasteiger partial charge in [0, 0.05) is 11.8 Å². The topological polar surface area (TPSA) is 99.1 Å². The quantitative estimate of drug-likeness (QED) is 0.580. The fraction of sp³-hybridized carbons (Fsp3) is 0.235. The number of hydrogen-bond donors (Lipinski definition) is 1. The van der Waals surface area contributed by atoms with E-state index in [1.165, 1.54) is 38.8 Å². The Morgan fingerprint density at radius 3 is 2.58 bits per heavy atom. The molecule has 1 unspecified atom stereocenters. The average molecular weight is 384 g/mol. The second-order valence-corrected chi connectivity index (χ2v) is 8.12. The number of rotatable bonds is 4. The molecule has 0 radical (unpaired) electrons. The molecule has 26 heavy (non-hydrogen) atoms. The summed E-state index contributed by atoms with van der Waals surface area (Å²) in [6, 6.07) is 9.82. The highest BCUT2D eigenvalue weighted by molar-refractivity contribution is 7.17. The van der Waals surface area contributed by atoms with Crippen molar-refractivity contribution in [2.45, 2.75) is 26.2 Å². The molecule has 2 N–H and O–H groups in total. The number of hydrogen-bond acceptors (Lipinski definition) is 8. The number of aromatic nitrogens is 5. The first-order valence-corrected chi connectivity index (χ1v) is 9.65. The third-order valence-corrected chi connectivity index (χ3v) is 5.89. The average Bonchev–Trinajstić information content (AvgIpc) is 3.21. The van der Waals surface area contributed by atoms with Gasteiger partial charge in [-0.25, -0.2) is 4.98 Å². The molecule has 3 aromatic heterocycles. The molecule has 7 nitrogen and oxygen atoms in total. The van der Waals surface area contributed by atoms with Crippen molar-refractivity contribution < 1.29 is 0 Å². The predicted molar refractivity (Wildman–Crippen MR) is 103 cm³/mol. The van der Waals surface area contributed by atoms with Crippen molar-refractivity contribution in [3.8, 4) is 0 Å². The SMILES string of the molecule is Cc1ccc(CC(c2nnc(N)s2)c2nn3c(=O)cc(C)nc3s2)cc1. The second-order valence-electron chi connectivity index (χ2n) is 6.09. The van der Waals surface area contributed by atoms with Gasteiger partial charge in [0.15, 0.2) is 0 Å². The third kappa shape index (κ3) is 3.23. The number of fused-ring (bicyclic) bond motifs is 1. The predicted octanol–water partition coefficient (Wildman–Crippen LogP) is 2.58. The molecule has 4 aromatic rings. The van der Waals surface area contributed by atoms with Gasteiger partial charge in [-0.3, -0.25) is 4.79 Å². The fourth-order valence-electron chi connectivity index (χ4n) is 2.70. The van der Waals surface area contributed by atoms with Crippen LogP contribution < -0.4 is 11.3 Å². The van der Waals surface area contributed by atoms with Crippen LogP contribution >= 0.6 is 22.7 Å². The van der Waals surface area contributed by atoms with Gasteiger partial charge >= 0.3 is 0 Å². The molecule has 0 spiro atoms. The molecule has 0 aliphatic carbocycles. The highest BCUT2D eigenvalue weighted by atomic mass is 32.1. The van der Waals surface area contributed by atoms with Crippen LogP contribution in [0.2, 0.25) is 0 Å². The zero-order valence-electron chi connectivity index (χ0n) is 14.2. The molecule has 0 saturated carbocycles. The zero-order valence-corrected chi connectivity index (χ0v) is 15.8. The molecule has 0 amide bonds. The minimum absolute atomic E-state index is 0.126. The summed E-state index contributed by atoms with van der Waals surface area (Å²) < 4.78 is 1.35. The molecule has 9 heteroatoms. The number of nitrogen functional groups attached to an aromatic ring is 1. The standard InChI is InChI=1S/C17H16N6OS2/c1-9-3-5-11(6-4-9)8-12(14-20-21-16(18)25-14)15-22-23-13(24)7-10(2)19-17(23)26-15/h3-7,12H,8H2,1-2H3,(H2,18,21). The van der Waals surface area contributed by atoms with Crippen LogP contribution in [0.25, 0.3) is 4.96 Å². The largest absolute Gasteiger partial charge is 0.374 e. The maximum absolute atomic E-state index is 12.2. The van der Waals surface area contributed by atoms with E-state index in [9.17, 15) is 4.79 Å². The molecule has 1 aromatic carbocycles. The summed E-state index contributed by atoms with van der Waals surface area (Å²) in [7, 11) is 0. The summed E-state index contributed by atoms with van der Waals surface area (Å²) >= 11 is 2.74. The smallest absolute Gasteiger partial charge is 0.275 e. The maximum atomic E-state index is 12.2. The molecule has 132 valence electrons. The molecule has 3 heterocycles. The van der Waals surface area contributed by atoms with Crippen molar-refractivity contribution >= 4 is 32.8 Å². The van der Waals surface area contributed by atoms with Crippen LogP contribution in [0, 0.1) is 13.8 Å². The van der Waals surface area contributed by atoms with Crippen LogP contribution in [0.3, 0.4) is 0 Å². The van der Waals surface area contributed by atoms with Gasteiger partial charge in [0.25, 0.3) is 5.56 Å². The fourth-order valence-corrected chi connectivity index (χ4v) is 4.55. The summed E-state index contributed by atoms with van der Waals surface area (Å²) in [5, 5.41) is 14.7. The van der Waals surface area contributed by atoms with E-state index in [0.29, 0.717) is 22.2 Å². The molecule has 0 aliphatic heterocycles. The van der Waals surface area contributed by atoms with Gasteiger partial charge in [-0.05, 0) is 25.8 Å². The minimum Gasteiger partial charge on any atom is -0.374 e. The van der Waals surface area contributed by atoms with E-state index in [2.05, 4.69) is 51.5 Å². The van der Waals surface area contributed by atoms with Crippen molar-refractivity contribution in [1.29, 1.82) is 0 Å². The molecule has 0 saturated heterocycles. The summed E-state index contributed by atoms with van der Waals surface area (Å²) in [5.41, 5.74) is 8.65. The van der Waals surface area contributed by atoms with E-state index in [0.717, 1.165) is 15.6 Å². The Balaban J connectivity index is 1.81. The number of anilines is 1. The van der Waals surface area contributed by atoms with Gasteiger partial charge < -0.3 is 5.73 Å². The number of nitrogens with zero attached hydrogens (tertiary/aromatic N) is 5. The first-order chi connectivity index (χ1) is 12.5. The van der Waals surface area contributed by atoms with E-state index < -0.39 is 0 Å². The van der Waals surface area contributed by atoms with E-state index in [1.54, 1.807) is 6.92 Å². The Kier molecular flexibility index (Phi) is 4.25. The lowest BCUT2D eigenvalue weighted by Gasteiger charge is -2.10. The van der Waals surface area contributed by atoms with Crippen molar-refractivity contribution in [2.75, 3.05) is 5.73 Å².